The third-order valence-corrected chi connectivity index (χ3v) is 4.63. The van der Waals surface area contributed by atoms with Crippen LogP contribution in [-0.2, 0) is 16.1 Å². The second-order valence-corrected chi connectivity index (χ2v) is 6.84. The maximum atomic E-state index is 12.2. The number of rotatable bonds is 7. The molecule has 28 heavy (non-hydrogen) atoms. The van der Waals surface area contributed by atoms with E-state index >= 15 is 0 Å². The molecule has 3 rings (SSSR count). The van der Waals surface area contributed by atoms with Crippen LogP contribution in [0.15, 0.2) is 34.1 Å². The molecule has 0 aliphatic rings. The fourth-order valence-corrected chi connectivity index (χ4v) is 3.29. The SMILES string of the molecule is CCn1c(SCC(=O)Nc2cccc(C)c2)nnc1-c1nonc1NC(C)=O. The number of anilines is 2. The van der Waals surface area contributed by atoms with E-state index in [-0.39, 0.29) is 29.1 Å². The van der Waals surface area contributed by atoms with Gasteiger partial charge in [-0.15, -0.1) is 10.2 Å². The van der Waals surface area contributed by atoms with Crippen molar-refractivity contribution < 1.29 is 14.2 Å². The summed E-state index contributed by atoms with van der Waals surface area (Å²) in [5, 5.41) is 21.7. The third-order valence-electron chi connectivity index (χ3n) is 3.66. The van der Waals surface area contributed by atoms with Crippen molar-refractivity contribution in [1.29, 1.82) is 0 Å². The molecule has 0 unspecified atom stereocenters. The summed E-state index contributed by atoms with van der Waals surface area (Å²) in [7, 11) is 0. The van der Waals surface area contributed by atoms with E-state index in [1.807, 2.05) is 38.1 Å². The summed E-state index contributed by atoms with van der Waals surface area (Å²) in [4.78, 5) is 23.5. The lowest BCUT2D eigenvalue weighted by atomic mass is 10.2. The monoisotopic (exact) mass is 401 g/mol. The van der Waals surface area contributed by atoms with E-state index in [1.165, 1.54) is 18.7 Å². The molecule has 0 bridgehead atoms. The highest BCUT2D eigenvalue weighted by Gasteiger charge is 2.22. The van der Waals surface area contributed by atoms with Crippen molar-refractivity contribution in [2.24, 2.45) is 0 Å². The number of carbonyl (C=O) groups excluding carboxylic acids is 2. The van der Waals surface area contributed by atoms with E-state index in [4.69, 9.17) is 4.63 Å². The van der Waals surface area contributed by atoms with Gasteiger partial charge in [0.15, 0.2) is 16.7 Å². The predicted molar refractivity (Wildman–Crippen MR) is 104 cm³/mol. The van der Waals surface area contributed by atoms with Crippen molar-refractivity contribution in [2.75, 3.05) is 16.4 Å². The minimum atomic E-state index is -0.304. The van der Waals surface area contributed by atoms with E-state index in [2.05, 4.69) is 31.1 Å². The van der Waals surface area contributed by atoms with Crippen LogP contribution < -0.4 is 10.6 Å². The van der Waals surface area contributed by atoms with Gasteiger partial charge in [0.2, 0.25) is 17.6 Å². The van der Waals surface area contributed by atoms with Gasteiger partial charge in [-0.25, -0.2) is 4.63 Å². The average molecular weight is 401 g/mol. The predicted octanol–water partition coefficient (Wildman–Crippen LogP) is 2.35. The van der Waals surface area contributed by atoms with Crippen LogP contribution in [0.3, 0.4) is 0 Å². The Hall–Kier alpha value is -3.21. The molecule has 0 saturated carbocycles. The van der Waals surface area contributed by atoms with Crippen molar-refractivity contribution in [1.82, 2.24) is 25.1 Å². The van der Waals surface area contributed by atoms with Crippen molar-refractivity contribution in [3.05, 3.63) is 29.8 Å². The van der Waals surface area contributed by atoms with Gasteiger partial charge in [-0.05, 0) is 41.9 Å². The number of aryl methyl sites for hydroxylation is 1. The average Bonchev–Trinajstić information content (AvgIpc) is 3.25. The number of carbonyl (C=O) groups is 2. The Kier molecular flexibility index (Phi) is 6.04. The standard InChI is InChI=1S/C17H19N7O3S/c1-4-24-16(14-15(18-11(3)25)23-27-22-14)20-21-17(24)28-9-13(26)19-12-7-5-6-10(2)8-12/h5-8H,4,9H2,1-3H3,(H,19,26)(H,18,23,25). The molecule has 0 aliphatic carbocycles. The van der Waals surface area contributed by atoms with Crippen molar-refractivity contribution in [3.8, 4) is 11.5 Å². The summed E-state index contributed by atoms with van der Waals surface area (Å²) in [6.07, 6.45) is 0. The summed E-state index contributed by atoms with van der Waals surface area (Å²) >= 11 is 1.25. The fourth-order valence-electron chi connectivity index (χ4n) is 2.49. The summed E-state index contributed by atoms with van der Waals surface area (Å²) in [6, 6.07) is 7.58. The first-order valence-corrected chi connectivity index (χ1v) is 9.49. The highest BCUT2D eigenvalue weighted by atomic mass is 32.2. The number of amides is 2. The second-order valence-electron chi connectivity index (χ2n) is 5.90. The molecule has 0 spiro atoms. The normalized spacial score (nSPS) is 10.7. The molecular formula is C17H19N7O3S. The quantitative estimate of drug-likeness (QED) is 0.577. The zero-order chi connectivity index (χ0) is 20.1. The smallest absolute Gasteiger partial charge is 0.234 e. The van der Waals surface area contributed by atoms with Gasteiger partial charge in [0, 0.05) is 19.2 Å². The van der Waals surface area contributed by atoms with Gasteiger partial charge in [0.1, 0.15) is 0 Å². The Morgan fingerprint density at radius 1 is 1.21 bits per heavy atom. The maximum absolute atomic E-state index is 12.2. The van der Waals surface area contributed by atoms with Gasteiger partial charge >= 0.3 is 0 Å². The zero-order valence-electron chi connectivity index (χ0n) is 15.6. The highest BCUT2D eigenvalue weighted by Crippen LogP contribution is 2.27. The molecule has 0 radical (unpaired) electrons. The molecule has 2 heterocycles. The zero-order valence-corrected chi connectivity index (χ0v) is 16.4. The van der Waals surface area contributed by atoms with Crippen LogP contribution in [0.1, 0.15) is 19.4 Å². The number of hydrogen-bond acceptors (Lipinski definition) is 8. The minimum Gasteiger partial charge on any atom is -0.325 e. The van der Waals surface area contributed by atoms with Gasteiger partial charge in [-0.3, -0.25) is 9.59 Å². The van der Waals surface area contributed by atoms with Crippen molar-refractivity contribution >= 4 is 35.1 Å². The lowest BCUT2D eigenvalue weighted by Crippen LogP contribution is -2.14. The summed E-state index contributed by atoms with van der Waals surface area (Å²) in [5.74, 6) is 0.283. The first-order valence-electron chi connectivity index (χ1n) is 8.51. The van der Waals surface area contributed by atoms with Gasteiger partial charge in [0.05, 0.1) is 5.75 Å². The van der Waals surface area contributed by atoms with Crippen LogP contribution >= 0.6 is 11.8 Å². The molecular weight excluding hydrogens is 382 g/mol. The first-order chi connectivity index (χ1) is 13.5. The number of benzene rings is 1. The van der Waals surface area contributed by atoms with E-state index in [0.717, 1.165) is 11.3 Å². The van der Waals surface area contributed by atoms with Gasteiger partial charge in [-0.1, -0.05) is 23.9 Å². The Labute approximate surface area is 165 Å². The second kappa shape index (κ2) is 8.65. The molecule has 146 valence electrons. The minimum absolute atomic E-state index is 0.148. The van der Waals surface area contributed by atoms with Crippen LogP contribution in [0.2, 0.25) is 0 Å². The molecule has 1 aromatic carbocycles. The third kappa shape index (κ3) is 4.55. The fraction of sp³-hybridized carbons (Fsp3) is 0.294. The van der Waals surface area contributed by atoms with Crippen LogP contribution in [-0.4, -0.2) is 42.6 Å². The maximum Gasteiger partial charge on any atom is 0.234 e. The molecule has 11 heteroatoms. The van der Waals surface area contributed by atoms with E-state index < -0.39 is 0 Å². The van der Waals surface area contributed by atoms with E-state index in [9.17, 15) is 9.59 Å². The number of nitrogens with zero attached hydrogens (tertiary/aromatic N) is 5. The lowest BCUT2D eigenvalue weighted by molar-refractivity contribution is -0.114. The highest BCUT2D eigenvalue weighted by molar-refractivity contribution is 7.99. The number of thioether (sulfide) groups is 1. The van der Waals surface area contributed by atoms with Crippen molar-refractivity contribution in [3.63, 3.8) is 0 Å². The molecule has 2 aromatic heterocycles. The molecule has 0 fully saturated rings. The topological polar surface area (TPSA) is 128 Å². The molecule has 2 N–H and O–H groups in total. The largest absolute Gasteiger partial charge is 0.325 e. The van der Waals surface area contributed by atoms with Crippen LogP contribution in [0.5, 0.6) is 0 Å². The Bertz CT molecular complexity index is 998. The van der Waals surface area contributed by atoms with Crippen LogP contribution in [0.4, 0.5) is 11.5 Å². The molecule has 3 aromatic rings. The molecule has 0 saturated heterocycles. The first kappa shape index (κ1) is 19.5. The number of nitrogens with one attached hydrogen (secondary N) is 2. The number of aromatic nitrogens is 5. The van der Waals surface area contributed by atoms with Gasteiger partial charge in [0.25, 0.3) is 0 Å². The summed E-state index contributed by atoms with van der Waals surface area (Å²) in [5.41, 5.74) is 2.09. The number of hydrogen-bond donors (Lipinski definition) is 2. The molecule has 10 nitrogen and oxygen atoms in total. The molecule has 0 aliphatic heterocycles. The van der Waals surface area contributed by atoms with Gasteiger partial charge < -0.3 is 15.2 Å². The van der Waals surface area contributed by atoms with Crippen molar-refractivity contribution in [2.45, 2.75) is 32.5 Å². The van der Waals surface area contributed by atoms with Gasteiger partial charge in [-0.2, -0.15) is 0 Å². The summed E-state index contributed by atoms with van der Waals surface area (Å²) < 4.78 is 6.49. The van der Waals surface area contributed by atoms with Crippen LogP contribution in [0.25, 0.3) is 11.5 Å². The van der Waals surface area contributed by atoms with E-state index in [1.54, 1.807) is 4.57 Å². The molecule has 2 amide bonds. The lowest BCUT2D eigenvalue weighted by Gasteiger charge is -2.07. The Morgan fingerprint density at radius 3 is 2.75 bits per heavy atom. The Morgan fingerprint density at radius 2 is 2.04 bits per heavy atom. The van der Waals surface area contributed by atoms with Crippen LogP contribution in [0, 0.1) is 6.92 Å². The summed E-state index contributed by atoms with van der Waals surface area (Å²) in [6.45, 7) is 5.77. The van der Waals surface area contributed by atoms with E-state index in [0.29, 0.717) is 17.5 Å². The Balaban J connectivity index is 1.71. The molecule has 0 atom stereocenters.